The molecule has 26 heavy (non-hydrogen) atoms. The highest BCUT2D eigenvalue weighted by Gasteiger charge is 2.35. The van der Waals surface area contributed by atoms with Gasteiger partial charge in [0, 0.05) is 5.02 Å². The van der Waals surface area contributed by atoms with Gasteiger partial charge in [-0.1, -0.05) is 23.7 Å². The van der Waals surface area contributed by atoms with Gasteiger partial charge in [-0.3, -0.25) is 14.5 Å². The number of hydrogen-bond donors (Lipinski definition) is 1. The molecule has 1 heterocycles. The number of nitrogens with zero attached hydrogens (tertiary/aromatic N) is 1. The van der Waals surface area contributed by atoms with E-state index in [1.807, 2.05) is 0 Å². The zero-order chi connectivity index (χ0) is 18.8. The monoisotopic (exact) mass is 453 g/mol. The minimum atomic E-state index is -0.363. The van der Waals surface area contributed by atoms with Crippen molar-refractivity contribution in [2.24, 2.45) is 0 Å². The molecule has 1 saturated heterocycles. The van der Waals surface area contributed by atoms with Gasteiger partial charge in [-0.25, -0.2) is 0 Å². The fraction of sp³-hybridized carbons (Fsp3) is 0.111. The molecule has 0 aliphatic carbocycles. The van der Waals surface area contributed by atoms with Crippen LogP contribution in [0.3, 0.4) is 0 Å². The third kappa shape index (κ3) is 3.90. The van der Waals surface area contributed by atoms with Gasteiger partial charge in [0.05, 0.1) is 23.0 Å². The van der Waals surface area contributed by atoms with Crippen molar-refractivity contribution in [1.29, 1.82) is 0 Å². The standard InChI is InChI=1S/C18H13BrClNO4S/c1-25-14-7-11(6-13(19)16(14)22)8-15-17(23)21(18(24)26-15)9-10-2-4-12(20)5-3-10/h2-8,22H,9H2,1H3/b15-8-. The van der Waals surface area contributed by atoms with Gasteiger partial charge in [0.15, 0.2) is 11.5 Å². The predicted molar refractivity (Wildman–Crippen MR) is 105 cm³/mol. The lowest BCUT2D eigenvalue weighted by atomic mass is 10.1. The number of ether oxygens (including phenoxy) is 1. The number of methoxy groups -OCH3 is 1. The SMILES string of the molecule is COc1cc(/C=C2\SC(=O)N(Cc3ccc(Cl)cc3)C2=O)cc(Br)c1O. The lowest BCUT2D eigenvalue weighted by molar-refractivity contribution is -0.123. The quantitative estimate of drug-likeness (QED) is 0.655. The van der Waals surface area contributed by atoms with E-state index in [-0.39, 0.29) is 29.2 Å². The molecule has 1 aliphatic rings. The second-order valence-electron chi connectivity index (χ2n) is 5.45. The molecule has 2 aromatic carbocycles. The van der Waals surface area contributed by atoms with Crippen LogP contribution in [0.1, 0.15) is 11.1 Å². The minimum absolute atomic E-state index is 0.0273. The minimum Gasteiger partial charge on any atom is -0.503 e. The van der Waals surface area contributed by atoms with Gasteiger partial charge in [-0.15, -0.1) is 0 Å². The first-order chi connectivity index (χ1) is 12.4. The number of amides is 2. The molecule has 3 rings (SSSR count). The van der Waals surface area contributed by atoms with Crippen LogP contribution in [0.5, 0.6) is 11.5 Å². The molecule has 0 aromatic heterocycles. The molecular weight excluding hydrogens is 442 g/mol. The van der Waals surface area contributed by atoms with E-state index in [0.29, 0.717) is 20.0 Å². The summed E-state index contributed by atoms with van der Waals surface area (Å²) in [6.07, 6.45) is 1.60. The highest BCUT2D eigenvalue weighted by Crippen LogP contribution is 2.38. The molecule has 1 fully saturated rings. The number of phenolic OH excluding ortho intramolecular Hbond substituents is 1. The maximum absolute atomic E-state index is 12.6. The van der Waals surface area contributed by atoms with Crippen LogP contribution in [-0.4, -0.2) is 28.3 Å². The van der Waals surface area contributed by atoms with Crippen LogP contribution >= 0.6 is 39.3 Å². The molecule has 8 heteroatoms. The summed E-state index contributed by atoms with van der Waals surface area (Å²) in [6, 6.07) is 10.2. The maximum Gasteiger partial charge on any atom is 0.293 e. The Balaban J connectivity index is 1.85. The van der Waals surface area contributed by atoms with Crippen molar-refractivity contribution in [2.75, 3.05) is 7.11 Å². The van der Waals surface area contributed by atoms with E-state index in [9.17, 15) is 14.7 Å². The van der Waals surface area contributed by atoms with E-state index in [1.54, 1.807) is 42.5 Å². The van der Waals surface area contributed by atoms with Crippen molar-refractivity contribution in [3.63, 3.8) is 0 Å². The first-order valence-electron chi connectivity index (χ1n) is 7.45. The number of aromatic hydroxyl groups is 1. The Kier molecular flexibility index (Phi) is 5.60. The van der Waals surface area contributed by atoms with Gasteiger partial charge < -0.3 is 9.84 Å². The second-order valence-corrected chi connectivity index (χ2v) is 7.73. The van der Waals surface area contributed by atoms with Gasteiger partial charge in [0.2, 0.25) is 0 Å². The van der Waals surface area contributed by atoms with Crippen LogP contribution in [0.15, 0.2) is 45.8 Å². The lowest BCUT2D eigenvalue weighted by Crippen LogP contribution is -2.27. The van der Waals surface area contributed by atoms with Crippen molar-refractivity contribution in [2.45, 2.75) is 6.54 Å². The first-order valence-corrected chi connectivity index (χ1v) is 9.44. The molecular formula is C18H13BrClNO4S. The normalized spacial score (nSPS) is 15.8. The summed E-state index contributed by atoms with van der Waals surface area (Å²) < 4.78 is 5.53. The van der Waals surface area contributed by atoms with Crippen molar-refractivity contribution < 1.29 is 19.4 Å². The van der Waals surface area contributed by atoms with Crippen LogP contribution in [0.2, 0.25) is 5.02 Å². The Morgan fingerprint density at radius 2 is 1.96 bits per heavy atom. The summed E-state index contributed by atoms with van der Waals surface area (Å²) in [5.74, 6) is -0.121. The Morgan fingerprint density at radius 3 is 2.62 bits per heavy atom. The molecule has 0 saturated carbocycles. The van der Waals surface area contributed by atoms with Crippen LogP contribution < -0.4 is 4.74 Å². The molecule has 0 atom stereocenters. The summed E-state index contributed by atoms with van der Waals surface area (Å²) >= 11 is 9.97. The smallest absolute Gasteiger partial charge is 0.293 e. The fourth-order valence-electron chi connectivity index (χ4n) is 2.39. The number of carbonyl (C=O) groups excluding carboxylic acids is 2. The van der Waals surface area contributed by atoms with E-state index < -0.39 is 0 Å². The maximum atomic E-state index is 12.6. The molecule has 134 valence electrons. The van der Waals surface area contributed by atoms with Crippen molar-refractivity contribution in [3.05, 3.63) is 61.9 Å². The largest absolute Gasteiger partial charge is 0.503 e. The first kappa shape index (κ1) is 18.8. The zero-order valence-corrected chi connectivity index (χ0v) is 16.7. The summed E-state index contributed by atoms with van der Waals surface area (Å²) in [7, 11) is 1.44. The number of imide groups is 1. The van der Waals surface area contributed by atoms with Crippen molar-refractivity contribution in [3.8, 4) is 11.5 Å². The van der Waals surface area contributed by atoms with E-state index >= 15 is 0 Å². The third-order valence-electron chi connectivity index (χ3n) is 3.70. The van der Waals surface area contributed by atoms with E-state index in [1.165, 1.54) is 12.0 Å². The van der Waals surface area contributed by atoms with E-state index in [4.69, 9.17) is 16.3 Å². The number of carbonyl (C=O) groups is 2. The molecule has 1 aliphatic heterocycles. The van der Waals surface area contributed by atoms with Gasteiger partial charge >= 0.3 is 0 Å². The molecule has 1 N–H and O–H groups in total. The molecule has 0 bridgehead atoms. The Labute approximate surface area is 167 Å². The van der Waals surface area contributed by atoms with Crippen molar-refractivity contribution >= 4 is 56.5 Å². The summed E-state index contributed by atoms with van der Waals surface area (Å²) in [4.78, 5) is 26.3. The van der Waals surface area contributed by atoms with Gasteiger partial charge in [-0.2, -0.15) is 0 Å². The lowest BCUT2D eigenvalue weighted by Gasteiger charge is -2.12. The number of rotatable bonds is 4. The fourth-order valence-corrected chi connectivity index (χ4v) is 3.82. The highest BCUT2D eigenvalue weighted by atomic mass is 79.9. The van der Waals surface area contributed by atoms with Crippen LogP contribution in [0.4, 0.5) is 4.79 Å². The average molecular weight is 455 g/mol. The molecule has 0 radical (unpaired) electrons. The Hall–Kier alpha value is -1.96. The van der Waals surface area contributed by atoms with Gasteiger partial charge in [0.25, 0.3) is 11.1 Å². The third-order valence-corrected chi connectivity index (χ3v) is 5.46. The average Bonchev–Trinajstić information content (AvgIpc) is 2.87. The molecule has 0 unspecified atom stereocenters. The van der Waals surface area contributed by atoms with Crippen LogP contribution in [-0.2, 0) is 11.3 Å². The van der Waals surface area contributed by atoms with Gasteiger partial charge in [-0.05, 0) is 69.2 Å². The van der Waals surface area contributed by atoms with E-state index in [2.05, 4.69) is 15.9 Å². The Bertz CT molecular complexity index is 914. The molecule has 2 aromatic rings. The zero-order valence-electron chi connectivity index (χ0n) is 13.5. The van der Waals surface area contributed by atoms with Gasteiger partial charge in [0.1, 0.15) is 0 Å². The number of benzene rings is 2. The summed E-state index contributed by atoms with van der Waals surface area (Å²) in [6.45, 7) is 0.182. The molecule has 2 amide bonds. The second kappa shape index (κ2) is 7.73. The summed E-state index contributed by atoms with van der Waals surface area (Å²) in [5, 5.41) is 10.1. The van der Waals surface area contributed by atoms with Crippen LogP contribution in [0.25, 0.3) is 6.08 Å². The molecule has 0 spiro atoms. The number of halogens is 2. The predicted octanol–water partition coefficient (Wildman–Crippen LogP) is 5.05. The molecule has 5 nitrogen and oxygen atoms in total. The topological polar surface area (TPSA) is 66.8 Å². The number of phenols is 1. The number of thioether (sulfide) groups is 1. The van der Waals surface area contributed by atoms with Crippen molar-refractivity contribution in [1.82, 2.24) is 4.90 Å². The van der Waals surface area contributed by atoms with Crippen LogP contribution in [0, 0.1) is 0 Å². The van der Waals surface area contributed by atoms with E-state index in [0.717, 1.165) is 17.3 Å². The Morgan fingerprint density at radius 1 is 1.27 bits per heavy atom. The summed E-state index contributed by atoms with van der Waals surface area (Å²) in [5.41, 5.74) is 1.44. The number of hydrogen-bond acceptors (Lipinski definition) is 5. The highest BCUT2D eigenvalue weighted by molar-refractivity contribution is 9.10.